The van der Waals surface area contributed by atoms with Gasteiger partial charge in [-0.05, 0) is 35.4 Å². The highest BCUT2D eigenvalue weighted by atomic mass is 19.1. The average molecular weight is 372 g/mol. The zero-order chi connectivity index (χ0) is 19.3. The number of hydrogen-bond acceptors (Lipinski definition) is 3. The van der Waals surface area contributed by atoms with Gasteiger partial charge in [0.1, 0.15) is 17.8 Å². The Morgan fingerprint density at radius 3 is 2.50 bits per heavy atom. The molecule has 2 heterocycles. The van der Waals surface area contributed by atoms with E-state index in [0.717, 1.165) is 22.4 Å². The zero-order valence-electron chi connectivity index (χ0n) is 14.9. The lowest BCUT2D eigenvalue weighted by Gasteiger charge is -2.05. The Kier molecular flexibility index (Phi) is 4.93. The van der Waals surface area contributed by atoms with E-state index in [9.17, 15) is 9.18 Å². The van der Waals surface area contributed by atoms with E-state index in [1.165, 1.54) is 18.5 Å². The van der Waals surface area contributed by atoms with E-state index in [4.69, 9.17) is 0 Å². The van der Waals surface area contributed by atoms with Gasteiger partial charge >= 0.3 is 0 Å². The lowest BCUT2D eigenvalue weighted by molar-refractivity contribution is 0.0946. The molecule has 0 atom stereocenters. The second kappa shape index (κ2) is 7.84. The maximum atomic E-state index is 13.1. The Bertz CT molecular complexity index is 1090. The molecule has 0 aliphatic rings. The van der Waals surface area contributed by atoms with Gasteiger partial charge in [-0.1, -0.05) is 42.5 Å². The monoisotopic (exact) mass is 372 g/mol. The minimum atomic E-state index is -0.294. The molecular weight excluding hydrogens is 355 g/mol. The van der Waals surface area contributed by atoms with Crippen LogP contribution in [-0.2, 0) is 6.54 Å². The summed E-state index contributed by atoms with van der Waals surface area (Å²) < 4.78 is 13.1. The number of H-pyrrole nitrogens is 1. The van der Waals surface area contributed by atoms with Gasteiger partial charge < -0.3 is 10.3 Å². The van der Waals surface area contributed by atoms with E-state index < -0.39 is 0 Å². The molecule has 138 valence electrons. The summed E-state index contributed by atoms with van der Waals surface area (Å²) in [7, 11) is 0. The Morgan fingerprint density at radius 1 is 0.929 bits per heavy atom. The third kappa shape index (κ3) is 3.96. The van der Waals surface area contributed by atoms with Gasteiger partial charge in [0.15, 0.2) is 0 Å². The highest BCUT2D eigenvalue weighted by Crippen LogP contribution is 2.21. The molecule has 0 saturated heterocycles. The molecule has 1 amide bonds. The second-order valence-electron chi connectivity index (χ2n) is 6.25. The highest BCUT2D eigenvalue weighted by Gasteiger charge is 2.10. The lowest BCUT2D eigenvalue weighted by Crippen LogP contribution is -2.23. The number of carbonyl (C=O) groups is 1. The van der Waals surface area contributed by atoms with E-state index >= 15 is 0 Å². The maximum absolute atomic E-state index is 13.1. The van der Waals surface area contributed by atoms with Crippen molar-refractivity contribution in [2.24, 2.45) is 0 Å². The number of benzene rings is 2. The van der Waals surface area contributed by atoms with Gasteiger partial charge in [-0.25, -0.2) is 14.4 Å². The fourth-order valence-electron chi connectivity index (χ4n) is 2.86. The van der Waals surface area contributed by atoms with Gasteiger partial charge in [0.2, 0.25) is 0 Å². The third-order valence-electron chi connectivity index (χ3n) is 4.33. The topological polar surface area (TPSA) is 70.7 Å². The van der Waals surface area contributed by atoms with Gasteiger partial charge in [-0.3, -0.25) is 4.79 Å². The van der Waals surface area contributed by atoms with Crippen molar-refractivity contribution in [1.82, 2.24) is 20.3 Å². The van der Waals surface area contributed by atoms with Crippen LogP contribution in [0.1, 0.15) is 16.2 Å². The second-order valence-corrected chi connectivity index (χ2v) is 6.25. The summed E-state index contributed by atoms with van der Waals surface area (Å²) in [5.74, 6) is -0.537. The van der Waals surface area contributed by atoms with Crippen LogP contribution in [0.5, 0.6) is 0 Å². The summed E-state index contributed by atoms with van der Waals surface area (Å²) in [6, 6.07) is 19.5. The Balaban J connectivity index is 1.43. The summed E-state index contributed by atoms with van der Waals surface area (Å²) in [4.78, 5) is 23.9. The van der Waals surface area contributed by atoms with Crippen LogP contribution in [0.15, 0.2) is 79.3 Å². The maximum Gasteiger partial charge on any atom is 0.268 e. The average Bonchev–Trinajstić information content (AvgIpc) is 3.24. The molecule has 2 aromatic carbocycles. The zero-order valence-corrected chi connectivity index (χ0v) is 14.9. The number of aromatic nitrogens is 3. The van der Waals surface area contributed by atoms with E-state index in [0.29, 0.717) is 11.4 Å². The molecule has 0 aliphatic heterocycles. The van der Waals surface area contributed by atoms with E-state index in [-0.39, 0.29) is 18.3 Å². The molecule has 4 aromatic rings. The van der Waals surface area contributed by atoms with Crippen LogP contribution in [0.25, 0.3) is 22.4 Å². The first-order valence-electron chi connectivity index (χ1n) is 8.78. The molecule has 5 nitrogen and oxygen atoms in total. The number of hydrogen-bond donors (Lipinski definition) is 2. The Hall–Kier alpha value is -3.80. The molecule has 0 bridgehead atoms. The smallest absolute Gasteiger partial charge is 0.268 e. The van der Waals surface area contributed by atoms with Crippen molar-refractivity contribution < 1.29 is 9.18 Å². The summed E-state index contributed by atoms with van der Waals surface area (Å²) in [6.45, 7) is 0.284. The number of nitrogens with one attached hydrogen (secondary N) is 2. The predicted octanol–water partition coefficient (Wildman–Crippen LogP) is 4.21. The minimum absolute atomic E-state index is 0.242. The number of rotatable bonds is 5. The van der Waals surface area contributed by atoms with Crippen molar-refractivity contribution in [1.29, 1.82) is 0 Å². The minimum Gasteiger partial charge on any atom is -0.357 e. The first kappa shape index (κ1) is 17.6. The van der Waals surface area contributed by atoms with Crippen molar-refractivity contribution in [3.63, 3.8) is 0 Å². The summed E-state index contributed by atoms with van der Waals surface area (Å²) >= 11 is 0. The standard InChI is InChI=1S/C22H17FN4O/c23-18-8-6-15(7-9-18)17-10-21(24-12-17)22(28)25-13-19-11-20(27-14-26-19)16-4-2-1-3-5-16/h1-12,14,24H,13H2,(H,25,28). The molecule has 0 unspecified atom stereocenters. The fourth-order valence-corrected chi connectivity index (χ4v) is 2.86. The third-order valence-corrected chi connectivity index (χ3v) is 4.33. The van der Waals surface area contributed by atoms with Gasteiger partial charge in [0.05, 0.1) is 17.9 Å². The fraction of sp³-hybridized carbons (Fsp3) is 0.0455. The van der Waals surface area contributed by atoms with Crippen molar-refractivity contribution in [2.45, 2.75) is 6.54 Å². The van der Waals surface area contributed by atoms with E-state index in [1.54, 1.807) is 24.4 Å². The largest absolute Gasteiger partial charge is 0.357 e. The Morgan fingerprint density at radius 2 is 1.71 bits per heavy atom. The van der Waals surface area contributed by atoms with Crippen LogP contribution in [0.4, 0.5) is 4.39 Å². The summed E-state index contributed by atoms with van der Waals surface area (Å²) in [6.07, 6.45) is 3.21. The SMILES string of the molecule is O=C(NCc1cc(-c2ccccc2)ncn1)c1cc(-c2ccc(F)cc2)c[nH]1. The van der Waals surface area contributed by atoms with Crippen LogP contribution in [0, 0.1) is 5.82 Å². The Labute approximate surface area is 161 Å². The lowest BCUT2D eigenvalue weighted by atomic mass is 10.1. The molecule has 0 aliphatic carbocycles. The summed E-state index contributed by atoms with van der Waals surface area (Å²) in [5.41, 5.74) is 4.59. The number of halogens is 1. The molecule has 4 rings (SSSR count). The molecule has 6 heteroatoms. The number of aromatic amines is 1. The van der Waals surface area contributed by atoms with E-state index in [2.05, 4.69) is 20.3 Å². The van der Waals surface area contributed by atoms with Crippen molar-refractivity contribution in [2.75, 3.05) is 0 Å². The van der Waals surface area contributed by atoms with Crippen molar-refractivity contribution in [3.8, 4) is 22.4 Å². The molecule has 28 heavy (non-hydrogen) atoms. The van der Waals surface area contributed by atoms with Crippen LogP contribution in [0.2, 0.25) is 0 Å². The normalized spacial score (nSPS) is 10.6. The quantitative estimate of drug-likeness (QED) is 0.551. The van der Waals surface area contributed by atoms with E-state index in [1.807, 2.05) is 36.4 Å². The molecule has 0 fully saturated rings. The molecule has 0 saturated carbocycles. The molecule has 2 aromatic heterocycles. The van der Waals surface area contributed by atoms with Crippen LogP contribution in [-0.4, -0.2) is 20.9 Å². The van der Waals surface area contributed by atoms with Gasteiger partial charge in [0.25, 0.3) is 5.91 Å². The number of amides is 1. The highest BCUT2D eigenvalue weighted by molar-refractivity contribution is 5.93. The first-order valence-corrected chi connectivity index (χ1v) is 8.78. The number of carbonyl (C=O) groups excluding carboxylic acids is 1. The molecule has 2 N–H and O–H groups in total. The van der Waals surface area contributed by atoms with Crippen molar-refractivity contribution in [3.05, 3.63) is 96.5 Å². The van der Waals surface area contributed by atoms with Crippen LogP contribution in [0.3, 0.4) is 0 Å². The van der Waals surface area contributed by atoms with Gasteiger partial charge in [0, 0.05) is 11.8 Å². The van der Waals surface area contributed by atoms with Gasteiger partial charge in [-0.15, -0.1) is 0 Å². The molecule has 0 radical (unpaired) electrons. The number of nitrogens with zero attached hydrogens (tertiary/aromatic N) is 2. The van der Waals surface area contributed by atoms with Crippen LogP contribution < -0.4 is 5.32 Å². The first-order chi connectivity index (χ1) is 13.7. The van der Waals surface area contributed by atoms with Crippen LogP contribution >= 0.6 is 0 Å². The molecular formula is C22H17FN4O. The van der Waals surface area contributed by atoms with Crippen molar-refractivity contribution >= 4 is 5.91 Å². The predicted molar refractivity (Wildman–Crippen MR) is 105 cm³/mol. The summed E-state index contributed by atoms with van der Waals surface area (Å²) in [5, 5.41) is 2.85. The molecule has 0 spiro atoms. The van der Waals surface area contributed by atoms with Gasteiger partial charge in [-0.2, -0.15) is 0 Å².